The molecule has 1 fully saturated rings. The SMILES string of the molecule is CCOc1ccc(NC(=O)CN2C(=O)S/C(=C/c3cccc(OCc4c(F)cccc4Cl)c3)C2=O)cc1. The molecule has 3 amide bonds. The monoisotopic (exact) mass is 540 g/mol. The second kappa shape index (κ2) is 11.9. The summed E-state index contributed by atoms with van der Waals surface area (Å²) in [5.41, 5.74) is 1.35. The smallest absolute Gasteiger partial charge is 0.294 e. The normalized spacial score (nSPS) is 14.2. The molecule has 0 unspecified atom stereocenters. The zero-order chi connectivity index (χ0) is 26.4. The molecule has 0 spiro atoms. The minimum Gasteiger partial charge on any atom is -0.494 e. The molecule has 0 saturated carbocycles. The van der Waals surface area contributed by atoms with Crippen molar-refractivity contribution in [2.75, 3.05) is 18.5 Å². The molecule has 1 saturated heterocycles. The Bertz CT molecular complexity index is 1340. The Hall–Kier alpha value is -3.82. The first-order chi connectivity index (χ1) is 17.8. The Morgan fingerprint density at radius 2 is 1.81 bits per heavy atom. The quantitative estimate of drug-likeness (QED) is 0.329. The summed E-state index contributed by atoms with van der Waals surface area (Å²) in [5.74, 6) is -0.441. The molecule has 1 aliphatic heterocycles. The van der Waals surface area contributed by atoms with Crippen molar-refractivity contribution < 1.29 is 28.2 Å². The second-order valence-corrected chi connectivity index (χ2v) is 9.24. The molecule has 37 heavy (non-hydrogen) atoms. The van der Waals surface area contributed by atoms with E-state index in [4.69, 9.17) is 21.1 Å². The summed E-state index contributed by atoms with van der Waals surface area (Å²) >= 11 is 6.79. The van der Waals surface area contributed by atoms with Crippen LogP contribution in [0.15, 0.2) is 71.6 Å². The first kappa shape index (κ1) is 26.2. The van der Waals surface area contributed by atoms with E-state index < -0.39 is 29.4 Å². The van der Waals surface area contributed by atoms with Gasteiger partial charge < -0.3 is 14.8 Å². The highest BCUT2D eigenvalue weighted by molar-refractivity contribution is 8.18. The van der Waals surface area contributed by atoms with Crippen molar-refractivity contribution in [2.45, 2.75) is 13.5 Å². The first-order valence-corrected chi connectivity index (χ1v) is 12.5. The van der Waals surface area contributed by atoms with Gasteiger partial charge in [0.15, 0.2) is 0 Å². The van der Waals surface area contributed by atoms with Crippen LogP contribution < -0.4 is 14.8 Å². The number of amides is 3. The van der Waals surface area contributed by atoms with E-state index in [9.17, 15) is 18.8 Å². The number of halogens is 2. The van der Waals surface area contributed by atoms with Gasteiger partial charge in [-0.25, -0.2) is 4.39 Å². The zero-order valence-electron chi connectivity index (χ0n) is 19.7. The van der Waals surface area contributed by atoms with Crippen LogP contribution in [0.1, 0.15) is 18.1 Å². The van der Waals surface area contributed by atoms with Gasteiger partial charge in [0.1, 0.15) is 30.5 Å². The number of hydrogen-bond acceptors (Lipinski definition) is 6. The van der Waals surface area contributed by atoms with Crippen LogP contribution in [-0.2, 0) is 16.2 Å². The van der Waals surface area contributed by atoms with Gasteiger partial charge >= 0.3 is 0 Å². The summed E-state index contributed by atoms with van der Waals surface area (Å²) < 4.78 is 25.0. The predicted molar refractivity (Wildman–Crippen MR) is 141 cm³/mol. The van der Waals surface area contributed by atoms with Gasteiger partial charge in [0.2, 0.25) is 5.91 Å². The maximum absolute atomic E-state index is 14.0. The van der Waals surface area contributed by atoms with Crippen molar-refractivity contribution in [3.63, 3.8) is 0 Å². The van der Waals surface area contributed by atoms with Crippen LogP contribution in [0.3, 0.4) is 0 Å². The van der Waals surface area contributed by atoms with Crippen molar-refractivity contribution in [1.29, 1.82) is 0 Å². The summed E-state index contributed by atoms with van der Waals surface area (Å²) in [4.78, 5) is 38.8. The number of anilines is 1. The molecular formula is C27H22ClFN2O5S. The van der Waals surface area contributed by atoms with E-state index in [0.29, 0.717) is 29.4 Å². The van der Waals surface area contributed by atoms with Crippen LogP contribution in [0.2, 0.25) is 5.02 Å². The second-order valence-electron chi connectivity index (χ2n) is 7.83. The Morgan fingerprint density at radius 3 is 2.54 bits per heavy atom. The number of rotatable bonds is 9. The summed E-state index contributed by atoms with van der Waals surface area (Å²) in [6.07, 6.45) is 1.54. The number of benzene rings is 3. The van der Waals surface area contributed by atoms with E-state index in [1.807, 2.05) is 6.92 Å². The number of thioether (sulfide) groups is 1. The van der Waals surface area contributed by atoms with Gasteiger partial charge in [0.05, 0.1) is 16.5 Å². The molecule has 3 aromatic carbocycles. The number of imide groups is 1. The molecule has 7 nitrogen and oxygen atoms in total. The molecule has 1 aliphatic rings. The molecule has 10 heteroatoms. The van der Waals surface area contributed by atoms with E-state index in [0.717, 1.165) is 16.7 Å². The summed E-state index contributed by atoms with van der Waals surface area (Å²) in [5, 5.41) is 2.38. The van der Waals surface area contributed by atoms with Crippen molar-refractivity contribution in [3.8, 4) is 11.5 Å². The molecule has 0 aromatic heterocycles. The van der Waals surface area contributed by atoms with Crippen molar-refractivity contribution in [2.24, 2.45) is 0 Å². The number of carbonyl (C=O) groups excluding carboxylic acids is 3. The number of hydrogen-bond donors (Lipinski definition) is 1. The molecule has 3 aromatic rings. The average Bonchev–Trinajstić information content (AvgIpc) is 3.12. The van der Waals surface area contributed by atoms with Gasteiger partial charge in [-0.3, -0.25) is 19.3 Å². The van der Waals surface area contributed by atoms with Crippen molar-refractivity contribution >= 4 is 52.2 Å². The van der Waals surface area contributed by atoms with Crippen molar-refractivity contribution in [1.82, 2.24) is 4.90 Å². The fraction of sp³-hybridized carbons (Fsp3) is 0.148. The highest BCUT2D eigenvalue weighted by atomic mass is 35.5. The standard InChI is InChI=1S/C27H22ClFN2O5S/c1-2-35-19-11-9-18(10-12-19)30-25(32)15-31-26(33)24(37-27(31)34)14-17-5-3-6-20(13-17)36-16-21-22(28)7-4-8-23(21)29/h3-14H,2,15-16H2,1H3,(H,30,32)/b24-14+. The summed E-state index contributed by atoms with van der Waals surface area (Å²) in [6, 6.07) is 17.9. The van der Waals surface area contributed by atoms with Crippen molar-refractivity contribution in [3.05, 3.63) is 93.6 Å². The zero-order valence-corrected chi connectivity index (χ0v) is 21.3. The van der Waals surface area contributed by atoms with E-state index in [1.165, 1.54) is 18.2 Å². The molecule has 0 atom stereocenters. The first-order valence-electron chi connectivity index (χ1n) is 11.3. The molecule has 190 valence electrons. The maximum atomic E-state index is 14.0. The minimum absolute atomic E-state index is 0.0745. The molecule has 1 heterocycles. The van der Waals surface area contributed by atoms with E-state index in [1.54, 1.807) is 54.6 Å². The van der Waals surface area contributed by atoms with Crippen LogP contribution in [0.4, 0.5) is 14.9 Å². The number of nitrogens with one attached hydrogen (secondary N) is 1. The van der Waals surface area contributed by atoms with Crippen LogP contribution in [0.5, 0.6) is 11.5 Å². The van der Waals surface area contributed by atoms with Crippen LogP contribution in [0.25, 0.3) is 6.08 Å². The van der Waals surface area contributed by atoms with E-state index >= 15 is 0 Å². The predicted octanol–water partition coefficient (Wildman–Crippen LogP) is 6.13. The van der Waals surface area contributed by atoms with Gasteiger partial charge in [-0.1, -0.05) is 29.8 Å². The van der Waals surface area contributed by atoms with Gasteiger partial charge in [0.25, 0.3) is 11.1 Å². The third-order valence-corrected chi connectivity index (χ3v) is 6.49. The lowest BCUT2D eigenvalue weighted by atomic mass is 10.2. The van der Waals surface area contributed by atoms with Crippen LogP contribution >= 0.6 is 23.4 Å². The molecule has 1 N–H and O–H groups in total. The topological polar surface area (TPSA) is 84.9 Å². The molecule has 0 aliphatic carbocycles. The molecule has 0 radical (unpaired) electrons. The lowest BCUT2D eigenvalue weighted by Crippen LogP contribution is -2.36. The lowest BCUT2D eigenvalue weighted by Gasteiger charge is -2.12. The fourth-order valence-electron chi connectivity index (χ4n) is 3.45. The highest BCUT2D eigenvalue weighted by Crippen LogP contribution is 2.33. The molecule has 0 bridgehead atoms. The third-order valence-electron chi connectivity index (χ3n) is 5.23. The third kappa shape index (κ3) is 6.69. The van der Waals surface area contributed by atoms with Crippen LogP contribution in [-0.4, -0.2) is 35.1 Å². The maximum Gasteiger partial charge on any atom is 0.294 e. The largest absolute Gasteiger partial charge is 0.494 e. The Kier molecular flexibility index (Phi) is 8.47. The average molecular weight is 541 g/mol. The summed E-state index contributed by atoms with van der Waals surface area (Å²) in [6.45, 7) is 1.91. The number of nitrogens with zero attached hydrogens (tertiary/aromatic N) is 1. The highest BCUT2D eigenvalue weighted by Gasteiger charge is 2.36. The fourth-order valence-corrected chi connectivity index (χ4v) is 4.51. The van der Waals surface area contributed by atoms with Crippen LogP contribution in [0, 0.1) is 5.82 Å². The Balaban J connectivity index is 1.39. The van der Waals surface area contributed by atoms with E-state index in [-0.39, 0.29) is 22.1 Å². The van der Waals surface area contributed by atoms with Gasteiger partial charge in [-0.2, -0.15) is 0 Å². The van der Waals surface area contributed by atoms with Gasteiger partial charge in [-0.15, -0.1) is 0 Å². The minimum atomic E-state index is -0.568. The summed E-state index contributed by atoms with van der Waals surface area (Å²) in [7, 11) is 0. The Morgan fingerprint density at radius 1 is 1.05 bits per heavy atom. The van der Waals surface area contributed by atoms with E-state index in [2.05, 4.69) is 5.32 Å². The lowest BCUT2D eigenvalue weighted by molar-refractivity contribution is -0.127. The number of ether oxygens (including phenoxy) is 2. The molecular weight excluding hydrogens is 519 g/mol. The number of carbonyl (C=O) groups is 3. The Labute approximate surface area is 222 Å². The molecule has 4 rings (SSSR count). The van der Waals surface area contributed by atoms with Gasteiger partial charge in [-0.05, 0) is 78.9 Å². The van der Waals surface area contributed by atoms with Gasteiger partial charge in [0, 0.05) is 11.3 Å².